The Labute approximate surface area is 204 Å². The maximum absolute atomic E-state index is 13.2. The highest BCUT2D eigenvalue weighted by Gasteiger charge is 2.37. The normalized spacial score (nSPS) is 13.9. The number of anilines is 1. The van der Waals surface area contributed by atoms with Gasteiger partial charge < -0.3 is 15.5 Å². The molecule has 0 heterocycles. The topological polar surface area (TPSA) is 27.3 Å². The molecule has 0 saturated carbocycles. The van der Waals surface area contributed by atoms with Crippen LogP contribution >= 0.6 is 12.2 Å². The Hall–Kier alpha value is -3.11. The van der Waals surface area contributed by atoms with E-state index in [4.69, 9.17) is 12.2 Å². The number of likely N-dealkylation sites (N-methyl/N-ethyl adjacent to an activating group) is 1. The molecule has 3 rings (SSSR count). The number of benzene rings is 3. The van der Waals surface area contributed by atoms with Gasteiger partial charge in [0.1, 0.15) is 0 Å². The molecule has 0 bridgehead atoms. The maximum atomic E-state index is 13.2. The summed E-state index contributed by atoms with van der Waals surface area (Å²) in [6.45, 7) is 0. The number of thiocarbonyl (C=S) groups is 1. The molecule has 0 fully saturated rings. The van der Waals surface area contributed by atoms with Crippen LogP contribution in [0.1, 0.15) is 34.3 Å². The van der Waals surface area contributed by atoms with Crippen LogP contribution in [0.4, 0.5) is 32.0 Å². The molecular formula is C25H23F6N3S. The summed E-state index contributed by atoms with van der Waals surface area (Å²) in [5.41, 5.74) is -1.49. The van der Waals surface area contributed by atoms with Crippen molar-refractivity contribution in [2.24, 2.45) is 0 Å². The van der Waals surface area contributed by atoms with Gasteiger partial charge in [-0.3, -0.25) is 0 Å². The van der Waals surface area contributed by atoms with Crippen molar-refractivity contribution in [3.8, 4) is 0 Å². The standard InChI is InChI=1S/C25H23F6N3S/c1-34(2)22(17-11-7-4-8-12-17)21(16-9-5-3-6-10-16)33-23(35)32-20-14-18(24(26,27)28)13-19(15-20)25(29,30)31/h3-15,21-22H,1-2H3,(H2,32,33,35)/t21-,22?/m0/s1. The Morgan fingerprint density at radius 3 is 1.63 bits per heavy atom. The first kappa shape index (κ1) is 26.5. The third kappa shape index (κ3) is 6.95. The van der Waals surface area contributed by atoms with Gasteiger partial charge in [-0.1, -0.05) is 60.7 Å². The summed E-state index contributed by atoms with van der Waals surface area (Å²) in [4.78, 5) is 1.95. The Kier molecular flexibility index (Phi) is 8.07. The van der Waals surface area contributed by atoms with Gasteiger partial charge in [-0.25, -0.2) is 0 Å². The van der Waals surface area contributed by atoms with Crippen LogP contribution < -0.4 is 10.6 Å². The van der Waals surface area contributed by atoms with Crippen LogP contribution in [0, 0.1) is 0 Å². The summed E-state index contributed by atoms with van der Waals surface area (Å²) in [6.07, 6.45) is -9.91. The van der Waals surface area contributed by atoms with E-state index in [1.165, 1.54) is 0 Å². The summed E-state index contributed by atoms with van der Waals surface area (Å²) in [7, 11) is 3.74. The van der Waals surface area contributed by atoms with Gasteiger partial charge in [0.15, 0.2) is 5.11 Å². The van der Waals surface area contributed by atoms with E-state index in [0.717, 1.165) is 11.1 Å². The molecule has 3 aromatic carbocycles. The molecule has 3 nitrogen and oxygen atoms in total. The highest BCUT2D eigenvalue weighted by Crippen LogP contribution is 2.38. The number of nitrogens with zero attached hydrogens (tertiary/aromatic N) is 1. The number of rotatable bonds is 6. The second-order valence-corrected chi connectivity index (χ2v) is 8.51. The van der Waals surface area contributed by atoms with E-state index in [1.807, 2.05) is 79.7 Å². The van der Waals surface area contributed by atoms with Crippen molar-refractivity contribution < 1.29 is 26.3 Å². The lowest BCUT2D eigenvalue weighted by Crippen LogP contribution is -2.40. The molecule has 3 aromatic rings. The molecular weight excluding hydrogens is 488 g/mol. The average molecular weight is 512 g/mol. The van der Waals surface area contributed by atoms with E-state index in [-0.39, 0.29) is 17.2 Å². The van der Waals surface area contributed by atoms with Gasteiger partial charge in [-0.05, 0) is 55.6 Å². The molecule has 186 valence electrons. The van der Waals surface area contributed by atoms with Crippen molar-refractivity contribution >= 4 is 23.0 Å². The van der Waals surface area contributed by atoms with Crippen molar-refractivity contribution in [2.75, 3.05) is 19.4 Å². The van der Waals surface area contributed by atoms with Gasteiger partial charge in [0.05, 0.1) is 23.2 Å². The van der Waals surface area contributed by atoms with Crippen LogP contribution in [0.2, 0.25) is 0 Å². The Bertz CT molecular complexity index is 1100. The largest absolute Gasteiger partial charge is 0.416 e. The van der Waals surface area contributed by atoms with Gasteiger partial charge in [-0.15, -0.1) is 0 Å². The highest BCUT2D eigenvalue weighted by atomic mass is 32.1. The zero-order valence-corrected chi connectivity index (χ0v) is 19.6. The molecule has 0 amide bonds. The minimum atomic E-state index is -4.96. The molecule has 0 aliphatic rings. The minimum absolute atomic E-state index is 0.0753. The number of halogens is 6. The minimum Gasteiger partial charge on any atom is -0.354 e. The fourth-order valence-corrected chi connectivity index (χ4v) is 4.02. The van der Waals surface area contributed by atoms with Crippen molar-refractivity contribution in [1.82, 2.24) is 10.2 Å². The van der Waals surface area contributed by atoms with Crippen molar-refractivity contribution in [2.45, 2.75) is 24.4 Å². The molecule has 2 N–H and O–H groups in total. The van der Waals surface area contributed by atoms with Gasteiger partial charge in [0, 0.05) is 5.69 Å². The van der Waals surface area contributed by atoms with Crippen LogP contribution in [0.5, 0.6) is 0 Å². The SMILES string of the molecule is CN(C)C(c1ccccc1)[C@@H](NC(=S)Nc1cc(C(F)(F)F)cc(C(F)(F)F)c1)c1ccccc1. The molecule has 35 heavy (non-hydrogen) atoms. The molecule has 10 heteroatoms. The molecule has 2 atom stereocenters. The quantitative estimate of drug-likeness (QED) is 0.274. The predicted octanol–water partition coefficient (Wildman–Crippen LogP) is 7.05. The van der Waals surface area contributed by atoms with Crippen LogP contribution in [-0.2, 0) is 12.4 Å². The van der Waals surface area contributed by atoms with Crippen molar-refractivity contribution in [1.29, 1.82) is 0 Å². The first-order valence-electron chi connectivity index (χ1n) is 10.5. The first-order valence-corrected chi connectivity index (χ1v) is 10.9. The van der Waals surface area contributed by atoms with Crippen LogP contribution in [-0.4, -0.2) is 24.1 Å². The molecule has 0 aromatic heterocycles. The fourth-order valence-electron chi connectivity index (χ4n) is 3.78. The van der Waals surface area contributed by atoms with Gasteiger partial charge in [0.25, 0.3) is 0 Å². The Morgan fingerprint density at radius 2 is 1.20 bits per heavy atom. The lowest BCUT2D eigenvalue weighted by Gasteiger charge is -2.34. The molecule has 0 spiro atoms. The van der Waals surface area contributed by atoms with E-state index >= 15 is 0 Å². The van der Waals surface area contributed by atoms with Crippen LogP contribution in [0.25, 0.3) is 0 Å². The third-order valence-corrected chi connectivity index (χ3v) is 5.52. The molecule has 0 aliphatic carbocycles. The van der Waals surface area contributed by atoms with E-state index < -0.39 is 35.2 Å². The smallest absolute Gasteiger partial charge is 0.354 e. The van der Waals surface area contributed by atoms with Crippen molar-refractivity contribution in [3.05, 3.63) is 101 Å². The molecule has 0 saturated heterocycles. The number of nitrogens with one attached hydrogen (secondary N) is 2. The maximum Gasteiger partial charge on any atom is 0.416 e. The fraction of sp³-hybridized carbons (Fsp3) is 0.240. The summed E-state index contributed by atoms with van der Waals surface area (Å²) >= 11 is 5.34. The van der Waals surface area contributed by atoms with Gasteiger partial charge >= 0.3 is 12.4 Å². The predicted molar refractivity (Wildman–Crippen MR) is 128 cm³/mol. The molecule has 1 unspecified atom stereocenters. The molecule has 0 aliphatic heterocycles. The molecule has 0 radical (unpaired) electrons. The number of alkyl halides is 6. The van der Waals surface area contributed by atoms with Crippen LogP contribution in [0.15, 0.2) is 78.9 Å². The van der Waals surface area contributed by atoms with E-state index in [9.17, 15) is 26.3 Å². The lowest BCUT2D eigenvalue weighted by atomic mass is 9.92. The summed E-state index contributed by atoms with van der Waals surface area (Å²) < 4.78 is 79.4. The van der Waals surface area contributed by atoms with E-state index in [0.29, 0.717) is 12.1 Å². The monoisotopic (exact) mass is 511 g/mol. The highest BCUT2D eigenvalue weighted by molar-refractivity contribution is 7.80. The van der Waals surface area contributed by atoms with E-state index in [1.54, 1.807) is 0 Å². The summed E-state index contributed by atoms with van der Waals surface area (Å²) in [5, 5.41) is 5.49. The lowest BCUT2D eigenvalue weighted by molar-refractivity contribution is -0.143. The zero-order chi connectivity index (χ0) is 25.8. The van der Waals surface area contributed by atoms with Gasteiger partial charge in [-0.2, -0.15) is 26.3 Å². The van der Waals surface area contributed by atoms with E-state index in [2.05, 4.69) is 10.6 Å². The summed E-state index contributed by atoms with van der Waals surface area (Å²) in [6, 6.07) is 19.3. The summed E-state index contributed by atoms with van der Waals surface area (Å²) in [5.74, 6) is 0. The van der Waals surface area contributed by atoms with Crippen molar-refractivity contribution in [3.63, 3.8) is 0 Å². The first-order chi connectivity index (χ1) is 16.4. The number of hydrogen-bond donors (Lipinski definition) is 2. The Morgan fingerprint density at radius 1 is 0.743 bits per heavy atom. The third-order valence-electron chi connectivity index (χ3n) is 5.30. The number of hydrogen-bond acceptors (Lipinski definition) is 2. The second kappa shape index (κ2) is 10.7. The average Bonchev–Trinajstić information content (AvgIpc) is 2.78. The van der Waals surface area contributed by atoms with Gasteiger partial charge in [0.2, 0.25) is 0 Å². The Balaban J connectivity index is 1.96. The zero-order valence-electron chi connectivity index (χ0n) is 18.8. The second-order valence-electron chi connectivity index (χ2n) is 8.10. The van der Waals surface area contributed by atoms with Crippen LogP contribution in [0.3, 0.4) is 0 Å².